The van der Waals surface area contributed by atoms with Crippen molar-refractivity contribution in [3.63, 3.8) is 0 Å². The first-order valence-electron chi connectivity index (χ1n) is 11.2. The normalized spacial score (nSPS) is 16.5. The fraction of sp³-hybridized carbons (Fsp3) is 0.500. The van der Waals surface area contributed by atoms with Gasteiger partial charge >= 0.3 is 6.18 Å². The minimum Gasteiger partial charge on any atom is -0.489 e. The minimum atomic E-state index is -4.52. The van der Waals surface area contributed by atoms with Gasteiger partial charge in [-0.3, -0.25) is 10.0 Å². The van der Waals surface area contributed by atoms with Crippen LogP contribution in [-0.2, 0) is 27.4 Å². The van der Waals surface area contributed by atoms with Gasteiger partial charge in [0.25, 0.3) is 0 Å². The Bertz CT molecular complexity index is 1120. The lowest BCUT2D eigenvalue weighted by atomic mass is 10.1. The van der Waals surface area contributed by atoms with Crippen LogP contribution >= 0.6 is 11.6 Å². The number of amides is 1. The van der Waals surface area contributed by atoms with Gasteiger partial charge in [0.1, 0.15) is 17.7 Å². The Morgan fingerprint density at radius 1 is 1.25 bits per heavy atom. The highest BCUT2D eigenvalue weighted by Gasteiger charge is 2.34. The molecule has 2 heterocycles. The molecule has 14 heteroatoms. The zero-order valence-corrected chi connectivity index (χ0v) is 20.7. The Hall–Kier alpha value is -2.48. The summed E-state index contributed by atoms with van der Waals surface area (Å²) >= 11 is 5.94. The summed E-state index contributed by atoms with van der Waals surface area (Å²) < 4.78 is 71.4. The number of benzene rings is 1. The predicted molar refractivity (Wildman–Crippen MR) is 124 cm³/mol. The molecule has 1 saturated heterocycles. The minimum absolute atomic E-state index is 0.0929. The summed E-state index contributed by atoms with van der Waals surface area (Å²) in [6.45, 7) is 0.227. The van der Waals surface area contributed by atoms with Gasteiger partial charge in [-0.05, 0) is 49.9 Å². The number of hydrogen-bond acceptors (Lipinski definition) is 7. The van der Waals surface area contributed by atoms with Crippen molar-refractivity contribution in [1.82, 2.24) is 19.3 Å². The Morgan fingerprint density at radius 3 is 2.50 bits per heavy atom. The number of carbonyl (C=O) groups is 1. The molecule has 0 radical (unpaired) electrons. The van der Waals surface area contributed by atoms with Gasteiger partial charge in [0.05, 0.1) is 22.4 Å². The lowest BCUT2D eigenvalue weighted by molar-refractivity contribution is -0.158. The number of hydroxylamine groups is 2. The molecule has 1 aliphatic heterocycles. The number of aryl methyl sites for hydroxylation is 1. The summed E-state index contributed by atoms with van der Waals surface area (Å²) in [5.41, 5.74) is -0.889. The summed E-state index contributed by atoms with van der Waals surface area (Å²) in [5, 5.41) is 10.1. The van der Waals surface area contributed by atoms with Gasteiger partial charge in [0.15, 0.2) is 0 Å². The monoisotopic (exact) mass is 550 g/mol. The predicted octanol–water partition coefficient (Wildman–Crippen LogP) is 3.56. The smallest absolute Gasteiger partial charge is 0.416 e. The first-order valence-corrected chi connectivity index (χ1v) is 13.2. The third-order valence-corrected chi connectivity index (χ3v) is 8.04. The zero-order valence-electron chi connectivity index (χ0n) is 19.1. The number of nitrogens with zero attached hydrogens (tertiary/aromatic N) is 4. The SMILES string of the molecule is O=CN(O)[C@H](CCCc1ncccn1)CS(=O)(=O)N1CCC(Oc2ccc(C(F)(F)F)cc2Cl)CC1. The van der Waals surface area contributed by atoms with E-state index in [2.05, 4.69) is 9.97 Å². The first-order chi connectivity index (χ1) is 17.0. The quantitative estimate of drug-likeness (QED) is 0.258. The third-order valence-electron chi connectivity index (χ3n) is 5.79. The molecule has 0 saturated carbocycles. The van der Waals surface area contributed by atoms with Crippen LogP contribution in [0.4, 0.5) is 13.2 Å². The molecule has 1 N–H and O–H groups in total. The Morgan fingerprint density at radius 2 is 1.92 bits per heavy atom. The van der Waals surface area contributed by atoms with E-state index in [0.717, 1.165) is 18.2 Å². The number of carbonyl (C=O) groups excluding carboxylic acids is 1. The van der Waals surface area contributed by atoms with E-state index in [9.17, 15) is 31.6 Å². The highest BCUT2D eigenvalue weighted by Crippen LogP contribution is 2.35. The number of ether oxygens (including phenoxy) is 1. The molecule has 0 bridgehead atoms. The summed E-state index contributed by atoms with van der Waals surface area (Å²) in [4.78, 5) is 19.3. The summed E-state index contributed by atoms with van der Waals surface area (Å²) in [7, 11) is -3.82. The highest BCUT2D eigenvalue weighted by atomic mass is 35.5. The van der Waals surface area contributed by atoms with E-state index < -0.39 is 39.7 Å². The molecule has 9 nitrogen and oxygen atoms in total. The Balaban J connectivity index is 1.54. The molecule has 36 heavy (non-hydrogen) atoms. The molecule has 1 aromatic heterocycles. The van der Waals surface area contributed by atoms with E-state index in [1.54, 1.807) is 18.5 Å². The summed E-state index contributed by atoms with van der Waals surface area (Å²) in [5.74, 6) is 0.203. The van der Waals surface area contributed by atoms with E-state index >= 15 is 0 Å². The molecule has 1 atom stereocenters. The van der Waals surface area contributed by atoms with Crippen molar-refractivity contribution >= 4 is 28.0 Å². The molecule has 1 amide bonds. The number of aromatic nitrogens is 2. The number of halogens is 4. The molecular formula is C22H26ClF3N4O5S. The average Bonchev–Trinajstić information content (AvgIpc) is 2.84. The molecule has 0 aliphatic carbocycles. The lowest BCUT2D eigenvalue weighted by Gasteiger charge is -2.33. The number of piperidine rings is 1. The molecule has 198 valence electrons. The fourth-order valence-electron chi connectivity index (χ4n) is 3.86. The molecule has 2 aromatic rings. The second-order valence-corrected chi connectivity index (χ2v) is 10.8. The van der Waals surface area contributed by atoms with Crippen molar-refractivity contribution in [1.29, 1.82) is 0 Å². The molecular weight excluding hydrogens is 525 g/mol. The van der Waals surface area contributed by atoms with Crippen LogP contribution in [-0.4, -0.2) is 70.4 Å². The van der Waals surface area contributed by atoms with Gasteiger partial charge in [-0.15, -0.1) is 0 Å². The van der Waals surface area contributed by atoms with Gasteiger partial charge in [-0.2, -0.15) is 13.2 Å². The summed E-state index contributed by atoms with van der Waals surface area (Å²) in [6, 6.07) is 3.53. The van der Waals surface area contributed by atoms with Crippen molar-refractivity contribution in [2.45, 2.75) is 50.4 Å². The van der Waals surface area contributed by atoms with Crippen molar-refractivity contribution in [3.8, 4) is 5.75 Å². The highest BCUT2D eigenvalue weighted by molar-refractivity contribution is 7.89. The van der Waals surface area contributed by atoms with Crippen LogP contribution in [0.2, 0.25) is 5.02 Å². The van der Waals surface area contributed by atoms with Crippen LogP contribution in [0.15, 0.2) is 36.7 Å². The van der Waals surface area contributed by atoms with Gasteiger partial charge < -0.3 is 4.74 Å². The van der Waals surface area contributed by atoms with E-state index in [1.807, 2.05) is 0 Å². The molecule has 3 rings (SSSR count). The molecule has 1 aliphatic rings. The largest absolute Gasteiger partial charge is 0.489 e. The topological polar surface area (TPSA) is 113 Å². The second-order valence-electron chi connectivity index (χ2n) is 8.33. The Kier molecular flexibility index (Phi) is 9.50. The van der Waals surface area contributed by atoms with E-state index in [1.165, 1.54) is 4.31 Å². The van der Waals surface area contributed by atoms with Gasteiger partial charge in [0.2, 0.25) is 16.4 Å². The molecule has 0 unspecified atom stereocenters. The third kappa shape index (κ3) is 7.76. The lowest BCUT2D eigenvalue weighted by Crippen LogP contribution is -2.47. The van der Waals surface area contributed by atoms with Gasteiger partial charge in [0, 0.05) is 31.9 Å². The van der Waals surface area contributed by atoms with Crippen LogP contribution in [0.1, 0.15) is 37.1 Å². The maximum atomic E-state index is 13.0. The fourth-order valence-corrected chi connectivity index (χ4v) is 5.87. The average molecular weight is 551 g/mol. The van der Waals surface area contributed by atoms with E-state index in [-0.39, 0.29) is 36.7 Å². The number of rotatable bonds is 11. The van der Waals surface area contributed by atoms with Crippen molar-refractivity contribution in [2.75, 3.05) is 18.8 Å². The van der Waals surface area contributed by atoms with Crippen molar-refractivity contribution < 1.29 is 36.3 Å². The van der Waals surface area contributed by atoms with Crippen LogP contribution < -0.4 is 4.74 Å². The maximum absolute atomic E-state index is 13.0. The Labute approximate surface area is 211 Å². The molecule has 1 fully saturated rings. The van der Waals surface area contributed by atoms with Crippen molar-refractivity contribution in [3.05, 3.63) is 53.1 Å². The zero-order chi connectivity index (χ0) is 26.3. The van der Waals surface area contributed by atoms with E-state index in [0.29, 0.717) is 36.6 Å². The van der Waals surface area contributed by atoms with Crippen LogP contribution in [0, 0.1) is 0 Å². The first kappa shape index (κ1) is 28.1. The molecule has 0 spiro atoms. The molecule has 1 aromatic carbocycles. The van der Waals surface area contributed by atoms with Crippen molar-refractivity contribution in [2.24, 2.45) is 0 Å². The van der Waals surface area contributed by atoms with Gasteiger partial charge in [-0.1, -0.05) is 11.6 Å². The van der Waals surface area contributed by atoms with Crippen LogP contribution in [0.25, 0.3) is 0 Å². The van der Waals surface area contributed by atoms with Crippen LogP contribution in [0.3, 0.4) is 0 Å². The number of alkyl halides is 3. The number of hydrogen-bond donors (Lipinski definition) is 1. The standard InChI is InChI=1S/C22H26ClF3N4O5S/c23-19-13-16(22(24,25)26)5-6-20(19)35-18-7-11-29(12-8-18)36(33,34)14-17(30(32)15-31)3-1-4-21-27-9-2-10-28-21/h2,5-6,9-10,13,15,17-18,32H,1,3-4,7-8,11-12,14H2/t17-/m1/s1. The number of sulfonamides is 1. The van der Waals surface area contributed by atoms with E-state index in [4.69, 9.17) is 16.3 Å². The van der Waals surface area contributed by atoms with Crippen LogP contribution in [0.5, 0.6) is 5.75 Å². The maximum Gasteiger partial charge on any atom is 0.416 e. The second kappa shape index (κ2) is 12.2. The summed E-state index contributed by atoms with van der Waals surface area (Å²) in [6.07, 6.45) is 0.121. The van der Waals surface area contributed by atoms with Gasteiger partial charge in [-0.25, -0.2) is 27.8 Å².